The molecule has 0 aliphatic carbocycles. The van der Waals surface area contributed by atoms with E-state index in [0.29, 0.717) is 26.1 Å². The van der Waals surface area contributed by atoms with E-state index in [1.807, 2.05) is 11.6 Å². The van der Waals surface area contributed by atoms with Gasteiger partial charge in [-0.05, 0) is 35.9 Å². The second-order valence-electron chi connectivity index (χ2n) is 4.68. The molecule has 0 spiro atoms. The van der Waals surface area contributed by atoms with Crippen molar-refractivity contribution in [2.75, 3.05) is 11.6 Å². The van der Waals surface area contributed by atoms with E-state index in [9.17, 15) is 9.59 Å². The number of thiophene rings is 1. The van der Waals surface area contributed by atoms with Gasteiger partial charge in [-0.15, -0.1) is 11.3 Å². The highest BCUT2D eigenvalue weighted by molar-refractivity contribution is 7.98. The van der Waals surface area contributed by atoms with Crippen molar-refractivity contribution in [1.82, 2.24) is 9.55 Å². The van der Waals surface area contributed by atoms with E-state index in [0.717, 1.165) is 0 Å². The van der Waals surface area contributed by atoms with Crippen molar-refractivity contribution in [3.63, 3.8) is 0 Å². The molecule has 0 saturated heterocycles. The van der Waals surface area contributed by atoms with Crippen molar-refractivity contribution in [2.24, 2.45) is 0 Å². The number of benzene rings is 1. The van der Waals surface area contributed by atoms with E-state index in [1.54, 1.807) is 30.3 Å². The third-order valence-electron chi connectivity index (χ3n) is 3.12. The number of carbonyl (C=O) groups is 1. The number of anilines is 1. The lowest BCUT2D eigenvalue weighted by atomic mass is 10.3. The van der Waals surface area contributed by atoms with Gasteiger partial charge in [0.1, 0.15) is 11.2 Å². The molecule has 0 aliphatic heterocycles. The van der Waals surface area contributed by atoms with Crippen LogP contribution in [0.4, 0.5) is 5.69 Å². The minimum atomic E-state index is -0.303. The van der Waals surface area contributed by atoms with Crippen LogP contribution in [0.5, 0.6) is 0 Å². The van der Waals surface area contributed by atoms with Crippen molar-refractivity contribution < 1.29 is 4.79 Å². The molecule has 2 aromatic heterocycles. The van der Waals surface area contributed by atoms with Gasteiger partial charge in [0.05, 0.1) is 5.52 Å². The van der Waals surface area contributed by atoms with Gasteiger partial charge >= 0.3 is 0 Å². The van der Waals surface area contributed by atoms with Crippen LogP contribution in [0.2, 0.25) is 5.02 Å². The van der Waals surface area contributed by atoms with Crippen LogP contribution in [0.15, 0.2) is 45.7 Å². The largest absolute Gasteiger partial charge is 0.324 e. The lowest BCUT2D eigenvalue weighted by Gasteiger charge is -2.11. The van der Waals surface area contributed by atoms with Gasteiger partial charge in [-0.1, -0.05) is 29.4 Å². The van der Waals surface area contributed by atoms with E-state index < -0.39 is 0 Å². The molecule has 0 atom stereocenters. The number of hydrogen-bond acceptors (Lipinski definition) is 5. The number of halogens is 1. The van der Waals surface area contributed by atoms with Gasteiger partial charge < -0.3 is 5.32 Å². The molecule has 0 fully saturated rings. The predicted octanol–water partition coefficient (Wildman–Crippen LogP) is 3.47. The standard InChI is InChI=1S/C15H12ClN3O2S2/c1-22-15-18-11-5-6-23-13(11)14(21)19(15)8-12(20)17-10-4-2-3-9(16)7-10/h2-7H,8H2,1H3,(H,17,20). The summed E-state index contributed by atoms with van der Waals surface area (Å²) >= 11 is 8.56. The number of fused-ring (bicyclic) bond motifs is 1. The molecule has 5 nitrogen and oxygen atoms in total. The maximum absolute atomic E-state index is 12.5. The fraction of sp³-hybridized carbons (Fsp3) is 0.133. The highest BCUT2D eigenvalue weighted by Gasteiger charge is 2.14. The zero-order valence-electron chi connectivity index (χ0n) is 12.1. The number of thioether (sulfide) groups is 1. The summed E-state index contributed by atoms with van der Waals surface area (Å²) in [6.07, 6.45) is 1.82. The van der Waals surface area contributed by atoms with Crippen LogP contribution in [0.3, 0.4) is 0 Å². The van der Waals surface area contributed by atoms with Crippen LogP contribution in [0.1, 0.15) is 0 Å². The minimum Gasteiger partial charge on any atom is -0.324 e. The van der Waals surface area contributed by atoms with Crippen LogP contribution in [0, 0.1) is 0 Å². The summed E-state index contributed by atoms with van der Waals surface area (Å²) in [5.74, 6) is -0.303. The van der Waals surface area contributed by atoms with Crippen molar-refractivity contribution in [1.29, 1.82) is 0 Å². The Morgan fingerprint density at radius 1 is 1.43 bits per heavy atom. The molecule has 1 amide bonds. The van der Waals surface area contributed by atoms with E-state index in [-0.39, 0.29) is 18.0 Å². The van der Waals surface area contributed by atoms with Gasteiger partial charge in [0.15, 0.2) is 5.16 Å². The fourth-order valence-electron chi connectivity index (χ4n) is 2.13. The Morgan fingerprint density at radius 3 is 3.00 bits per heavy atom. The Morgan fingerprint density at radius 2 is 2.26 bits per heavy atom. The summed E-state index contributed by atoms with van der Waals surface area (Å²) in [5.41, 5.74) is 1.05. The minimum absolute atomic E-state index is 0.0949. The molecule has 0 aliphatic rings. The molecule has 118 valence electrons. The summed E-state index contributed by atoms with van der Waals surface area (Å²) in [4.78, 5) is 29.2. The zero-order chi connectivity index (χ0) is 16.4. The Bertz CT molecular complexity index is 936. The number of rotatable bonds is 4. The molecule has 0 radical (unpaired) electrons. The van der Waals surface area contributed by atoms with Gasteiger partial charge in [-0.3, -0.25) is 14.2 Å². The first-order valence-electron chi connectivity index (χ1n) is 6.66. The van der Waals surface area contributed by atoms with E-state index in [4.69, 9.17) is 11.6 Å². The Balaban J connectivity index is 1.90. The van der Waals surface area contributed by atoms with Crippen LogP contribution in [-0.2, 0) is 11.3 Å². The second-order valence-corrected chi connectivity index (χ2v) is 6.81. The molecule has 2 heterocycles. The molecule has 3 aromatic rings. The molecule has 0 saturated carbocycles. The summed E-state index contributed by atoms with van der Waals surface area (Å²) < 4.78 is 1.95. The third kappa shape index (κ3) is 3.41. The quantitative estimate of drug-likeness (QED) is 0.568. The van der Waals surface area contributed by atoms with Gasteiger partial charge in [0.25, 0.3) is 5.56 Å². The lowest BCUT2D eigenvalue weighted by Crippen LogP contribution is -2.29. The van der Waals surface area contributed by atoms with Crippen molar-refractivity contribution >= 4 is 56.5 Å². The van der Waals surface area contributed by atoms with Gasteiger partial charge in [-0.25, -0.2) is 4.98 Å². The molecule has 1 N–H and O–H groups in total. The van der Waals surface area contributed by atoms with Crippen LogP contribution in [0.25, 0.3) is 10.2 Å². The smallest absolute Gasteiger partial charge is 0.272 e. The average molecular weight is 366 g/mol. The highest BCUT2D eigenvalue weighted by atomic mass is 35.5. The Hall–Kier alpha value is -1.83. The van der Waals surface area contributed by atoms with Crippen molar-refractivity contribution in [2.45, 2.75) is 11.7 Å². The van der Waals surface area contributed by atoms with E-state index in [1.165, 1.54) is 27.7 Å². The fourth-order valence-corrected chi connectivity index (χ4v) is 3.66. The normalized spacial score (nSPS) is 10.9. The van der Waals surface area contributed by atoms with Crippen LogP contribution >= 0.6 is 34.7 Å². The molecule has 3 rings (SSSR count). The number of carbonyl (C=O) groups excluding carboxylic acids is 1. The van der Waals surface area contributed by atoms with E-state index in [2.05, 4.69) is 10.3 Å². The molecule has 1 aromatic carbocycles. The van der Waals surface area contributed by atoms with Crippen LogP contribution < -0.4 is 10.9 Å². The monoisotopic (exact) mass is 365 g/mol. The molecule has 23 heavy (non-hydrogen) atoms. The average Bonchev–Trinajstić information content (AvgIpc) is 2.98. The van der Waals surface area contributed by atoms with Gasteiger partial charge in [-0.2, -0.15) is 0 Å². The van der Waals surface area contributed by atoms with Crippen molar-refractivity contribution in [3.8, 4) is 0 Å². The summed E-state index contributed by atoms with van der Waals surface area (Å²) in [7, 11) is 0. The first kappa shape index (κ1) is 16.0. The van der Waals surface area contributed by atoms with Gasteiger partial charge in [0, 0.05) is 10.7 Å². The second kappa shape index (κ2) is 6.74. The number of aromatic nitrogens is 2. The highest BCUT2D eigenvalue weighted by Crippen LogP contribution is 2.19. The first-order chi connectivity index (χ1) is 11.1. The Kier molecular flexibility index (Phi) is 4.70. The molecular formula is C15H12ClN3O2S2. The lowest BCUT2D eigenvalue weighted by molar-refractivity contribution is -0.116. The van der Waals surface area contributed by atoms with Crippen molar-refractivity contribution in [3.05, 3.63) is 51.1 Å². The molecular weight excluding hydrogens is 354 g/mol. The first-order valence-corrected chi connectivity index (χ1v) is 9.14. The number of amides is 1. The van der Waals surface area contributed by atoms with Crippen LogP contribution in [-0.4, -0.2) is 21.7 Å². The number of nitrogens with zero attached hydrogens (tertiary/aromatic N) is 2. The summed E-state index contributed by atoms with van der Waals surface area (Å²) in [5, 5.41) is 5.60. The maximum Gasteiger partial charge on any atom is 0.272 e. The maximum atomic E-state index is 12.5. The summed E-state index contributed by atoms with van der Waals surface area (Å²) in [6, 6.07) is 8.66. The number of hydrogen-bond donors (Lipinski definition) is 1. The molecule has 0 unspecified atom stereocenters. The molecule has 0 bridgehead atoms. The SMILES string of the molecule is CSc1nc2ccsc2c(=O)n1CC(=O)Nc1cccc(Cl)c1. The topological polar surface area (TPSA) is 64.0 Å². The summed E-state index contributed by atoms with van der Waals surface area (Å²) in [6.45, 7) is -0.0949. The zero-order valence-corrected chi connectivity index (χ0v) is 14.5. The Labute approximate surface area is 145 Å². The predicted molar refractivity (Wildman–Crippen MR) is 95.7 cm³/mol. The van der Waals surface area contributed by atoms with E-state index >= 15 is 0 Å². The van der Waals surface area contributed by atoms with Gasteiger partial charge in [0.2, 0.25) is 5.91 Å². The molecule has 8 heteroatoms. The number of nitrogens with one attached hydrogen (secondary N) is 1. The third-order valence-corrected chi connectivity index (χ3v) is 4.93.